The molecule has 0 radical (unpaired) electrons. The van der Waals surface area contributed by atoms with Crippen molar-refractivity contribution >= 4 is 59.4 Å². The SMILES string of the molecule is COc1cccc(P(c2ccccc2)c2ccccc2)c1C(=O)O.[NaH]. The molecule has 0 unspecified atom stereocenters. The predicted molar refractivity (Wildman–Crippen MR) is 106 cm³/mol. The maximum absolute atomic E-state index is 11.9. The third-order valence-electron chi connectivity index (χ3n) is 3.71. The van der Waals surface area contributed by atoms with Gasteiger partial charge in [0.1, 0.15) is 11.3 Å². The third kappa shape index (κ3) is 4.31. The molecule has 0 atom stereocenters. The minimum atomic E-state index is -0.982. The second kappa shape index (κ2) is 9.17. The van der Waals surface area contributed by atoms with Gasteiger partial charge in [-0.25, -0.2) is 4.79 Å². The summed E-state index contributed by atoms with van der Waals surface area (Å²) in [6.07, 6.45) is 0. The zero-order valence-corrected chi connectivity index (χ0v) is 14.1. The Morgan fingerprint density at radius 3 is 1.80 bits per heavy atom. The van der Waals surface area contributed by atoms with Gasteiger partial charge < -0.3 is 9.84 Å². The van der Waals surface area contributed by atoms with Gasteiger partial charge in [-0.3, -0.25) is 0 Å². The summed E-state index contributed by atoms with van der Waals surface area (Å²) in [5.74, 6) is -0.582. The molecule has 0 saturated heterocycles. The van der Waals surface area contributed by atoms with Crippen molar-refractivity contribution in [1.82, 2.24) is 0 Å². The van der Waals surface area contributed by atoms with Gasteiger partial charge >= 0.3 is 35.5 Å². The van der Waals surface area contributed by atoms with E-state index in [-0.39, 0.29) is 35.1 Å². The fraction of sp³-hybridized carbons (Fsp3) is 0.0500. The number of aromatic carboxylic acids is 1. The van der Waals surface area contributed by atoms with Crippen molar-refractivity contribution in [2.24, 2.45) is 0 Å². The molecule has 0 saturated carbocycles. The monoisotopic (exact) mass is 360 g/mol. The summed E-state index contributed by atoms with van der Waals surface area (Å²) < 4.78 is 5.30. The molecule has 0 fully saturated rings. The van der Waals surface area contributed by atoms with Crippen LogP contribution in [0.25, 0.3) is 0 Å². The van der Waals surface area contributed by atoms with Crippen LogP contribution in [-0.4, -0.2) is 47.7 Å². The van der Waals surface area contributed by atoms with Crippen LogP contribution in [0, 0.1) is 0 Å². The van der Waals surface area contributed by atoms with Crippen LogP contribution in [0.15, 0.2) is 78.9 Å². The van der Waals surface area contributed by atoms with Crippen molar-refractivity contribution in [2.75, 3.05) is 7.11 Å². The maximum atomic E-state index is 11.9. The summed E-state index contributed by atoms with van der Waals surface area (Å²) in [4.78, 5) is 11.9. The van der Waals surface area contributed by atoms with Gasteiger partial charge in [-0.2, -0.15) is 0 Å². The van der Waals surface area contributed by atoms with E-state index in [1.54, 1.807) is 6.07 Å². The van der Waals surface area contributed by atoms with E-state index in [4.69, 9.17) is 4.74 Å². The van der Waals surface area contributed by atoms with Crippen LogP contribution in [0.2, 0.25) is 0 Å². The molecule has 3 aromatic carbocycles. The van der Waals surface area contributed by atoms with Gasteiger partial charge in [-0.1, -0.05) is 72.8 Å². The van der Waals surface area contributed by atoms with Crippen LogP contribution in [0.3, 0.4) is 0 Å². The molecule has 3 aromatic rings. The van der Waals surface area contributed by atoms with E-state index in [1.165, 1.54) is 7.11 Å². The second-order valence-corrected chi connectivity index (χ2v) is 7.35. The van der Waals surface area contributed by atoms with Crippen LogP contribution in [0.5, 0.6) is 5.75 Å². The Kier molecular flexibility index (Phi) is 7.22. The molecule has 0 aliphatic rings. The first-order valence-electron chi connectivity index (χ1n) is 7.53. The molecular weight excluding hydrogens is 342 g/mol. The number of hydrogen-bond donors (Lipinski definition) is 1. The van der Waals surface area contributed by atoms with Crippen molar-refractivity contribution in [3.63, 3.8) is 0 Å². The van der Waals surface area contributed by atoms with Crippen LogP contribution in [0.4, 0.5) is 0 Å². The van der Waals surface area contributed by atoms with E-state index < -0.39 is 13.9 Å². The number of carboxylic acid groups (broad SMARTS) is 1. The quantitative estimate of drug-likeness (QED) is 0.562. The minimum absolute atomic E-state index is 0. The predicted octanol–water partition coefficient (Wildman–Crippen LogP) is 2.50. The van der Waals surface area contributed by atoms with Crippen LogP contribution in [0.1, 0.15) is 10.4 Å². The average Bonchev–Trinajstić information content (AvgIpc) is 2.63. The van der Waals surface area contributed by atoms with E-state index in [9.17, 15) is 9.90 Å². The number of hydrogen-bond acceptors (Lipinski definition) is 2. The Labute approximate surface area is 170 Å². The Hall–Kier alpha value is -1.64. The topological polar surface area (TPSA) is 46.5 Å². The van der Waals surface area contributed by atoms with Gasteiger partial charge in [0.15, 0.2) is 0 Å². The Morgan fingerprint density at radius 1 is 0.840 bits per heavy atom. The van der Waals surface area contributed by atoms with Gasteiger partial charge in [0.25, 0.3) is 0 Å². The van der Waals surface area contributed by atoms with E-state index in [0.29, 0.717) is 5.75 Å². The van der Waals surface area contributed by atoms with Crippen LogP contribution < -0.4 is 20.7 Å². The first-order chi connectivity index (χ1) is 11.7. The molecule has 0 aliphatic heterocycles. The molecule has 0 bridgehead atoms. The average molecular weight is 360 g/mol. The standard InChI is InChI=1S/C20H17O3P.Na.H/c1-23-17-13-8-14-18(19(17)20(21)22)24(15-9-4-2-5-10-15)16-11-6-3-7-12-16;;/h2-14H,1H3,(H,21,22);;. The molecule has 0 aliphatic carbocycles. The normalized spacial score (nSPS) is 10.2. The number of methoxy groups -OCH3 is 1. The first kappa shape index (κ1) is 19.7. The number of benzene rings is 3. The summed E-state index contributed by atoms with van der Waals surface area (Å²) in [7, 11) is 0.517. The van der Waals surface area contributed by atoms with E-state index >= 15 is 0 Å². The van der Waals surface area contributed by atoms with Crippen molar-refractivity contribution in [3.8, 4) is 5.75 Å². The van der Waals surface area contributed by atoms with Crippen molar-refractivity contribution in [1.29, 1.82) is 0 Å². The van der Waals surface area contributed by atoms with Gasteiger partial charge in [0.2, 0.25) is 0 Å². The van der Waals surface area contributed by atoms with Crippen LogP contribution >= 0.6 is 7.92 Å². The fourth-order valence-corrected chi connectivity index (χ4v) is 5.13. The molecule has 122 valence electrons. The number of ether oxygens (including phenoxy) is 1. The number of rotatable bonds is 5. The van der Waals surface area contributed by atoms with Crippen LogP contribution in [-0.2, 0) is 0 Å². The summed E-state index contributed by atoms with van der Waals surface area (Å²) in [5, 5.41) is 12.7. The fourth-order valence-electron chi connectivity index (χ4n) is 2.67. The first-order valence-corrected chi connectivity index (χ1v) is 8.87. The van der Waals surface area contributed by atoms with Gasteiger partial charge in [0.05, 0.1) is 7.11 Å². The molecule has 5 heteroatoms. The molecule has 3 rings (SSSR count). The van der Waals surface area contributed by atoms with Gasteiger partial charge in [-0.05, 0) is 24.6 Å². The summed E-state index contributed by atoms with van der Waals surface area (Å²) >= 11 is 0. The van der Waals surface area contributed by atoms with E-state index in [2.05, 4.69) is 0 Å². The Balaban J connectivity index is 0.00000225. The zero-order valence-electron chi connectivity index (χ0n) is 13.2. The van der Waals surface area contributed by atoms with Crippen molar-refractivity contribution < 1.29 is 14.6 Å². The molecule has 0 heterocycles. The molecule has 3 nitrogen and oxygen atoms in total. The van der Waals surface area contributed by atoms with Gasteiger partial charge in [-0.15, -0.1) is 0 Å². The molecule has 25 heavy (non-hydrogen) atoms. The Bertz CT molecular complexity index is 799. The number of carboxylic acids is 1. The summed E-state index contributed by atoms with van der Waals surface area (Å²) in [5.41, 5.74) is 0.235. The van der Waals surface area contributed by atoms with Gasteiger partial charge in [0, 0.05) is 5.30 Å². The molecule has 0 amide bonds. The summed E-state index contributed by atoms with van der Waals surface area (Å²) in [6, 6.07) is 25.5. The van der Waals surface area contributed by atoms with Crippen molar-refractivity contribution in [2.45, 2.75) is 0 Å². The second-order valence-electron chi connectivity index (χ2n) is 5.17. The summed E-state index contributed by atoms with van der Waals surface area (Å²) in [6.45, 7) is 0. The van der Waals surface area contributed by atoms with E-state index in [1.807, 2.05) is 72.8 Å². The number of carbonyl (C=O) groups is 1. The Morgan fingerprint density at radius 2 is 1.36 bits per heavy atom. The molecule has 0 aromatic heterocycles. The third-order valence-corrected chi connectivity index (χ3v) is 6.19. The molecular formula is C20H18NaO3P. The molecule has 0 spiro atoms. The van der Waals surface area contributed by atoms with Crippen molar-refractivity contribution in [3.05, 3.63) is 84.4 Å². The zero-order chi connectivity index (χ0) is 16.9. The van der Waals surface area contributed by atoms with E-state index in [0.717, 1.165) is 15.9 Å². The molecule has 1 N–H and O–H groups in total.